The first-order valence-electron chi connectivity index (χ1n) is 11.7. The molecule has 178 valence electrons. The lowest BCUT2D eigenvalue weighted by molar-refractivity contribution is 0.0400. The Morgan fingerprint density at radius 1 is 1.21 bits per heavy atom. The number of fused-ring (bicyclic) bond motifs is 1. The summed E-state index contributed by atoms with van der Waals surface area (Å²) in [5.41, 5.74) is 2.70. The van der Waals surface area contributed by atoms with E-state index >= 15 is 0 Å². The summed E-state index contributed by atoms with van der Waals surface area (Å²) in [5.74, 6) is 9.78. The lowest BCUT2D eigenvalue weighted by Crippen LogP contribution is -2.35. The lowest BCUT2D eigenvalue weighted by atomic mass is 10.1. The molecule has 8 nitrogen and oxygen atoms in total. The zero-order chi connectivity index (χ0) is 23.7. The Balaban J connectivity index is 1.15. The van der Waals surface area contributed by atoms with Crippen molar-refractivity contribution < 1.29 is 19.5 Å². The molecule has 2 aromatic heterocycles. The van der Waals surface area contributed by atoms with Gasteiger partial charge in [0.25, 0.3) is 0 Å². The molecule has 0 spiro atoms. The maximum Gasteiger partial charge on any atom is 0.167 e. The number of benzene rings is 1. The van der Waals surface area contributed by atoms with Crippen LogP contribution in [0.3, 0.4) is 0 Å². The quantitative estimate of drug-likeness (QED) is 0.495. The number of rotatable bonds is 8. The molecule has 1 saturated heterocycles. The first-order chi connectivity index (χ1) is 16.5. The van der Waals surface area contributed by atoms with E-state index in [-0.39, 0.29) is 0 Å². The Labute approximate surface area is 199 Å². The van der Waals surface area contributed by atoms with E-state index in [0.29, 0.717) is 49.0 Å². The fourth-order valence-corrected chi connectivity index (χ4v) is 4.92. The zero-order valence-electron chi connectivity index (χ0n) is 19.5. The molecule has 1 aromatic carbocycles. The van der Waals surface area contributed by atoms with E-state index in [2.05, 4.69) is 26.9 Å². The second kappa shape index (κ2) is 9.72. The van der Waals surface area contributed by atoms with Crippen LogP contribution in [0.1, 0.15) is 30.1 Å². The summed E-state index contributed by atoms with van der Waals surface area (Å²) < 4.78 is 12.4. The van der Waals surface area contributed by atoms with Gasteiger partial charge in [0.1, 0.15) is 17.6 Å². The summed E-state index contributed by atoms with van der Waals surface area (Å²) in [4.78, 5) is 6.50. The predicted octanol–water partition coefficient (Wildman–Crippen LogP) is 2.18. The summed E-state index contributed by atoms with van der Waals surface area (Å²) in [6.45, 7) is 5.26. The van der Waals surface area contributed by atoms with Crippen LogP contribution in [0, 0.1) is 29.6 Å². The van der Waals surface area contributed by atoms with Crippen molar-refractivity contribution in [1.82, 2.24) is 19.6 Å². The zero-order valence-corrected chi connectivity index (χ0v) is 19.5. The highest BCUT2D eigenvalue weighted by molar-refractivity contribution is 5.59. The van der Waals surface area contributed by atoms with E-state index in [0.717, 1.165) is 29.9 Å². The molecule has 3 heterocycles. The lowest BCUT2D eigenvalue weighted by Gasteiger charge is -2.21. The van der Waals surface area contributed by atoms with Gasteiger partial charge in [-0.25, -0.2) is 4.98 Å². The summed E-state index contributed by atoms with van der Waals surface area (Å²) in [6.07, 6.45) is 2.43. The number of aromatic nitrogens is 3. The minimum atomic E-state index is -0.641. The first-order valence-corrected chi connectivity index (χ1v) is 11.7. The van der Waals surface area contributed by atoms with Crippen LogP contribution in [0.2, 0.25) is 0 Å². The molecule has 34 heavy (non-hydrogen) atoms. The van der Waals surface area contributed by atoms with Crippen LogP contribution < -0.4 is 0 Å². The van der Waals surface area contributed by atoms with E-state index in [4.69, 9.17) is 9.26 Å². The highest BCUT2D eigenvalue weighted by Crippen LogP contribution is 2.51. The van der Waals surface area contributed by atoms with Crippen molar-refractivity contribution in [3.63, 3.8) is 0 Å². The number of aliphatic hydroxyl groups excluding tert-OH is 2. The highest BCUT2D eigenvalue weighted by Gasteiger charge is 2.54. The normalized spacial score (nSPS) is 23.2. The average molecular weight is 463 g/mol. The predicted molar refractivity (Wildman–Crippen MR) is 126 cm³/mol. The molecule has 2 N–H and O–H groups in total. The van der Waals surface area contributed by atoms with Crippen LogP contribution in [-0.2, 0) is 11.3 Å². The number of imidazole rings is 1. The average Bonchev–Trinajstić information content (AvgIpc) is 3.30. The standard InChI is InChI=1S/C26H30N4O4/c1-17(31)26-27-9-10-30(26)12-20-11-25(34-28-20)19-6-3-18(4-7-19)5-8-22-23-14-29(15-24(22)23)13-21(32)16-33-2/h3-4,6-7,9-11,17,21-24,31-32H,12-16H2,1-2H3/t17-,21?,22-,23+,24-/m0/s1. The molecule has 1 unspecified atom stereocenters. The maximum atomic E-state index is 9.90. The minimum absolute atomic E-state index is 0.384. The molecular formula is C26H30N4O4. The Hall–Kier alpha value is -2.96. The van der Waals surface area contributed by atoms with Gasteiger partial charge >= 0.3 is 0 Å². The van der Waals surface area contributed by atoms with Gasteiger partial charge in [-0.15, -0.1) is 0 Å². The molecule has 2 aliphatic rings. The number of methoxy groups -OCH3 is 1. The number of likely N-dealkylation sites (tertiary alicyclic amines) is 1. The largest absolute Gasteiger partial charge is 0.389 e. The Morgan fingerprint density at radius 3 is 2.68 bits per heavy atom. The molecule has 8 heteroatoms. The molecule has 1 saturated carbocycles. The van der Waals surface area contributed by atoms with Crippen molar-refractivity contribution >= 4 is 0 Å². The summed E-state index contributed by atoms with van der Waals surface area (Å²) in [6, 6.07) is 9.93. The molecule has 1 aliphatic heterocycles. The first kappa shape index (κ1) is 22.8. The summed E-state index contributed by atoms with van der Waals surface area (Å²) in [5, 5.41) is 23.9. The smallest absolute Gasteiger partial charge is 0.167 e. The molecule has 0 amide bonds. The van der Waals surface area contributed by atoms with Crippen LogP contribution in [0.15, 0.2) is 47.2 Å². The molecule has 5 atom stereocenters. The second-order valence-electron chi connectivity index (χ2n) is 9.30. The topological polar surface area (TPSA) is 96.8 Å². The molecule has 0 radical (unpaired) electrons. The fraction of sp³-hybridized carbons (Fsp3) is 0.462. The van der Waals surface area contributed by atoms with Crippen molar-refractivity contribution in [3.8, 4) is 23.2 Å². The number of nitrogens with zero attached hydrogens (tertiary/aromatic N) is 4. The third-order valence-corrected chi connectivity index (χ3v) is 6.66. The van der Waals surface area contributed by atoms with Crippen molar-refractivity contribution in [1.29, 1.82) is 0 Å². The Bertz CT molecular complexity index is 1160. The van der Waals surface area contributed by atoms with E-state index < -0.39 is 12.2 Å². The highest BCUT2D eigenvalue weighted by atomic mass is 16.5. The molecule has 3 aromatic rings. The van der Waals surface area contributed by atoms with Gasteiger partial charge in [-0.05, 0) is 43.0 Å². The Kier molecular flexibility index (Phi) is 6.53. The van der Waals surface area contributed by atoms with Gasteiger partial charge in [-0.1, -0.05) is 17.0 Å². The van der Waals surface area contributed by atoms with Gasteiger partial charge in [0.05, 0.1) is 19.3 Å². The molecule has 5 rings (SSSR count). The molecular weight excluding hydrogens is 432 g/mol. The van der Waals surface area contributed by atoms with E-state index in [1.807, 2.05) is 41.1 Å². The number of hydrogen-bond acceptors (Lipinski definition) is 7. The van der Waals surface area contributed by atoms with Crippen LogP contribution in [-0.4, -0.2) is 69.3 Å². The van der Waals surface area contributed by atoms with Gasteiger partial charge in [0.2, 0.25) is 0 Å². The number of hydrogen-bond donors (Lipinski definition) is 2. The SMILES string of the molecule is COCC(O)CN1C[C@@H]2[C@H](C#Cc3ccc(-c4cc(Cn5ccnc5[C@H](C)O)no4)cc3)[C@@H]2C1. The van der Waals surface area contributed by atoms with Gasteiger partial charge in [0.15, 0.2) is 5.76 Å². The molecule has 2 fully saturated rings. The summed E-state index contributed by atoms with van der Waals surface area (Å²) in [7, 11) is 1.61. The monoisotopic (exact) mass is 462 g/mol. The van der Waals surface area contributed by atoms with Gasteiger partial charge in [0, 0.05) is 62.2 Å². The van der Waals surface area contributed by atoms with Crippen molar-refractivity contribution in [2.45, 2.75) is 25.7 Å². The Morgan fingerprint density at radius 2 is 1.97 bits per heavy atom. The van der Waals surface area contributed by atoms with Crippen LogP contribution >= 0.6 is 0 Å². The van der Waals surface area contributed by atoms with Gasteiger partial charge in [-0.2, -0.15) is 0 Å². The number of aliphatic hydroxyl groups is 2. The van der Waals surface area contributed by atoms with Crippen molar-refractivity contribution in [2.24, 2.45) is 17.8 Å². The molecule has 0 bridgehead atoms. The number of β-amino-alcohol motifs (C(OH)–C–C–N with tert-alkyl or cyclic N) is 1. The van der Waals surface area contributed by atoms with Crippen LogP contribution in [0.4, 0.5) is 0 Å². The van der Waals surface area contributed by atoms with Crippen molar-refractivity contribution in [3.05, 3.63) is 59.8 Å². The van der Waals surface area contributed by atoms with Gasteiger partial charge < -0.3 is 28.9 Å². The fourth-order valence-electron chi connectivity index (χ4n) is 4.92. The number of ether oxygens (including phenoxy) is 1. The van der Waals surface area contributed by atoms with E-state index in [1.165, 1.54) is 0 Å². The third kappa shape index (κ3) is 4.93. The maximum absolute atomic E-state index is 9.90. The third-order valence-electron chi connectivity index (χ3n) is 6.66. The number of piperidine rings is 1. The van der Waals surface area contributed by atoms with E-state index in [1.54, 1.807) is 20.2 Å². The van der Waals surface area contributed by atoms with Crippen LogP contribution in [0.5, 0.6) is 0 Å². The van der Waals surface area contributed by atoms with Crippen molar-refractivity contribution in [2.75, 3.05) is 33.4 Å². The summed E-state index contributed by atoms with van der Waals surface area (Å²) >= 11 is 0. The van der Waals surface area contributed by atoms with Gasteiger partial charge in [-0.3, -0.25) is 0 Å². The van der Waals surface area contributed by atoms with E-state index in [9.17, 15) is 10.2 Å². The minimum Gasteiger partial charge on any atom is -0.389 e. The molecule has 1 aliphatic carbocycles. The van der Waals surface area contributed by atoms with Crippen LogP contribution in [0.25, 0.3) is 11.3 Å². The second-order valence-corrected chi connectivity index (χ2v) is 9.30.